The van der Waals surface area contributed by atoms with Crippen molar-refractivity contribution in [2.75, 3.05) is 18.0 Å². The average Bonchev–Trinajstić information content (AvgIpc) is 3.48. The van der Waals surface area contributed by atoms with Gasteiger partial charge in [-0.15, -0.1) is 0 Å². The first-order valence-electron chi connectivity index (χ1n) is 10.9. The van der Waals surface area contributed by atoms with Gasteiger partial charge < -0.3 is 14.5 Å². The lowest BCUT2D eigenvalue weighted by Crippen LogP contribution is -2.50. The second kappa shape index (κ2) is 7.22. The zero-order valence-corrected chi connectivity index (χ0v) is 17.6. The van der Waals surface area contributed by atoms with Crippen molar-refractivity contribution in [3.63, 3.8) is 0 Å². The first-order valence-corrected chi connectivity index (χ1v) is 10.9. The summed E-state index contributed by atoms with van der Waals surface area (Å²) in [5, 5.41) is 13.3. The van der Waals surface area contributed by atoms with E-state index in [-0.39, 0.29) is 29.4 Å². The minimum absolute atomic E-state index is 0.0811. The number of rotatable bonds is 2. The average molecular weight is 450 g/mol. The number of hydrogen-bond acceptors (Lipinski definition) is 6. The number of carbonyl (C=O) groups is 1. The highest BCUT2D eigenvalue weighted by Crippen LogP contribution is 2.48. The first-order chi connectivity index (χ1) is 16.0. The molecule has 2 atom stereocenters. The summed E-state index contributed by atoms with van der Waals surface area (Å²) in [5.74, 6) is -0.334. The summed E-state index contributed by atoms with van der Waals surface area (Å²) >= 11 is 0. The molecule has 1 amide bonds. The Hall–Kier alpha value is -3.58. The highest BCUT2D eigenvalue weighted by Gasteiger charge is 2.58. The number of aromatic nitrogens is 3. The Bertz CT molecular complexity index is 1310. The molecule has 8 nitrogen and oxygen atoms in total. The summed E-state index contributed by atoms with van der Waals surface area (Å²) in [6.07, 6.45) is 4.61. The van der Waals surface area contributed by atoms with Crippen LogP contribution in [0.1, 0.15) is 42.9 Å². The van der Waals surface area contributed by atoms with Crippen molar-refractivity contribution >= 4 is 17.4 Å². The van der Waals surface area contributed by atoms with E-state index in [0.717, 1.165) is 6.20 Å². The quantitative estimate of drug-likeness (QED) is 0.597. The molecule has 0 aliphatic carbocycles. The Morgan fingerprint density at radius 1 is 1.18 bits per heavy atom. The Kier molecular flexibility index (Phi) is 4.39. The molecular weight excluding hydrogens is 430 g/mol. The van der Waals surface area contributed by atoms with E-state index in [0.29, 0.717) is 50.2 Å². The van der Waals surface area contributed by atoms with E-state index in [9.17, 15) is 18.8 Å². The standard InChI is InChI=1S/C23H20F2N6O2/c24-16-10-14(12-26)9-15(11-16)18-1-2-20-30(18)22(32)23(33-20)4-7-29(8-5-23)19-3-6-27-21-17(25)13-28-31(19)21/h3,6,9-11,13,18,20H,1-2,4-5,7-8H2/t18-,20+/m0/s1. The van der Waals surface area contributed by atoms with E-state index in [2.05, 4.69) is 15.0 Å². The number of carbonyl (C=O) groups excluding carboxylic acids is 1. The van der Waals surface area contributed by atoms with Crippen LogP contribution in [0.5, 0.6) is 0 Å². The van der Waals surface area contributed by atoms with Crippen molar-refractivity contribution in [2.45, 2.75) is 43.6 Å². The number of ether oxygens (including phenoxy) is 1. The van der Waals surface area contributed by atoms with Gasteiger partial charge in [0.25, 0.3) is 5.91 Å². The maximum absolute atomic E-state index is 14.0. The summed E-state index contributed by atoms with van der Waals surface area (Å²) in [7, 11) is 0. The molecular formula is C23H20F2N6O2. The van der Waals surface area contributed by atoms with Crippen molar-refractivity contribution in [3.8, 4) is 6.07 Å². The number of piperidine rings is 1. The Morgan fingerprint density at radius 2 is 2.00 bits per heavy atom. The molecule has 3 saturated heterocycles. The minimum Gasteiger partial charge on any atom is -0.356 e. The van der Waals surface area contributed by atoms with E-state index in [1.807, 2.05) is 6.07 Å². The van der Waals surface area contributed by atoms with E-state index in [4.69, 9.17) is 4.74 Å². The summed E-state index contributed by atoms with van der Waals surface area (Å²) in [6.45, 7) is 1.08. The van der Waals surface area contributed by atoms with Gasteiger partial charge in [0, 0.05) is 32.1 Å². The van der Waals surface area contributed by atoms with Crippen LogP contribution in [0.25, 0.3) is 5.65 Å². The molecule has 3 aliphatic heterocycles. The minimum atomic E-state index is -0.924. The van der Waals surface area contributed by atoms with E-state index in [1.54, 1.807) is 23.2 Å². The van der Waals surface area contributed by atoms with Crippen LogP contribution >= 0.6 is 0 Å². The van der Waals surface area contributed by atoms with E-state index in [1.165, 1.54) is 16.6 Å². The third-order valence-corrected chi connectivity index (χ3v) is 6.99. The predicted molar refractivity (Wildman–Crippen MR) is 112 cm³/mol. The fraction of sp³-hybridized carbons (Fsp3) is 0.391. The monoisotopic (exact) mass is 450 g/mol. The molecule has 6 rings (SSSR count). The number of nitriles is 1. The van der Waals surface area contributed by atoms with Crippen molar-refractivity contribution < 1.29 is 18.3 Å². The topological polar surface area (TPSA) is 86.8 Å². The predicted octanol–water partition coefficient (Wildman–Crippen LogP) is 2.94. The summed E-state index contributed by atoms with van der Waals surface area (Å²) < 4.78 is 35.7. The zero-order valence-electron chi connectivity index (χ0n) is 17.6. The number of benzene rings is 1. The highest BCUT2D eigenvalue weighted by atomic mass is 19.1. The van der Waals surface area contributed by atoms with Gasteiger partial charge in [-0.2, -0.15) is 14.9 Å². The maximum Gasteiger partial charge on any atom is 0.257 e. The van der Waals surface area contributed by atoms with Crippen LogP contribution in [0.4, 0.5) is 14.6 Å². The third-order valence-electron chi connectivity index (χ3n) is 6.99. The van der Waals surface area contributed by atoms with Crippen LogP contribution in [-0.2, 0) is 9.53 Å². The Morgan fingerprint density at radius 3 is 2.79 bits per heavy atom. The molecule has 3 fully saturated rings. The highest BCUT2D eigenvalue weighted by molar-refractivity contribution is 5.88. The smallest absolute Gasteiger partial charge is 0.257 e. The molecule has 10 heteroatoms. The maximum atomic E-state index is 14.0. The number of amides is 1. The van der Waals surface area contributed by atoms with Crippen LogP contribution in [0, 0.1) is 23.0 Å². The molecule has 3 aromatic rings. The second-order valence-electron chi connectivity index (χ2n) is 8.78. The van der Waals surface area contributed by atoms with Gasteiger partial charge in [0.05, 0.1) is 23.9 Å². The molecule has 0 unspecified atom stereocenters. The first kappa shape index (κ1) is 20.1. The molecule has 2 aromatic heterocycles. The van der Waals surface area contributed by atoms with Gasteiger partial charge in [-0.25, -0.2) is 13.8 Å². The SMILES string of the molecule is N#Cc1cc(F)cc([C@@H]2CC[C@H]3OC4(CCN(c5ccnc6c(F)cnn56)CC4)C(=O)N32)c1. The van der Waals surface area contributed by atoms with Crippen LogP contribution in [0.2, 0.25) is 0 Å². The molecule has 0 bridgehead atoms. The van der Waals surface area contributed by atoms with Crippen LogP contribution < -0.4 is 4.90 Å². The van der Waals surface area contributed by atoms with Gasteiger partial charge in [0.15, 0.2) is 17.1 Å². The van der Waals surface area contributed by atoms with Gasteiger partial charge in [-0.05, 0) is 42.7 Å². The van der Waals surface area contributed by atoms with Crippen LogP contribution in [0.3, 0.4) is 0 Å². The lowest BCUT2D eigenvalue weighted by atomic mass is 9.89. The Balaban J connectivity index is 1.24. The van der Waals surface area contributed by atoms with Gasteiger partial charge in [-0.1, -0.05) is 0 Å². The van der Waals surface area contributed by atoms with Gasteiger partial charge in [0.1, 0.15) is 17.9 Å². The second-order valence-corrected chi connectivity index (χ2v) is 8.78. The fourth-order valence-electron chi connectivity index (χ4n) is 5.43. The number of anilines is 1. The molecule has 0 saturated carbocycles. The van der Waals surface area contributed by atoms with E-state index < -0.39 is 17.2 Å². The number of fused-ring (bicyclic) bond motifs is 2. The Labute approximate surface area is 188 Å². The molecule has 1 aromatic carbocycles. The summed E-state index contributed by atoms with van der Waals surface area (Å²) in [6, 6.07) is 7.68. The van der Waals surface area contributed by atoms with Gasteiger partial charge >= 0.3 is 0 Å². The van der Waals surface area contributed by atoms with Gasteiger partial charge in [-0.3, -0.25) is 4.79 Å². The van der Waals surface area contributed by atoms with E-state index >= 15 is 0 Å². The van der Waals surface area contributed by atoms with Crippen molar-refractivity contribution in [3.05, 3.63) is 59.4 Å². The molecule has 1 spiro atoms. The summed E-state index contributed by atoms with van der Waals surface area (Å²) in [5.41, 5.74) is 0.103. The largest absolute Gasteiger partial charge is 0.356 e. The normalized spacial score (nSPS) is 24.0. The van der Waals surface area contributed by atoms with Crippen molar-refractivity contribution in [1.29, 1.82) is 5.26 Å². The van der Waals surface area contributed by atoms with Crippen molar-refractivity contribution in [2.24, 2.45) is 0 Å². The molecule has 168 valence electrons. The lowest BCUT2D eigenvalue weighted by Gasteiger charge is -2.38. The third kappa shape index (κ3) is 2.99. The van der Waals surface area contributed by atoms with Crippen LogP contribution in [-0.4, -0.2) is 50.3 Å². The number of nitrogens with zero attached hydrogens (tertiary/aromatic N) is 6. The lowest BCUT2D eigenvalue weighted by molar-refractivity contribution is -0.140. The molecule has 33 heavy (non-hydrogen) atoms. The number of halogens is 2. The van der Waals surface area contributed by atoms with Gasteiger partial charge in [0.2, 0.25) is 0 Å². The van der Waals surface area contributed by atoms with Crippen LogP contribution in [0.15, 0.2) is 36.7 Å². The fourth-order valence-corrected chi connectivity index (χ4v) is 5.43. The molecule has 0 N–H and O–H groups in total. The zero-order chi connectivity index (χ0) is 22.7. The molecule has 0 radical (unpaired) electrons. The van der Waals surface area contributed by atoms with Crippen molar-refractivity contribution in [1.82, 2.24) is 19.5 Å². The molecule has 3 aliphatic rings. The molecule has 5 heterocycles. The summed E-state index contributed by atoms with van der Waals surface area (Å²) in [4.78, 5) is 21.4. The number of hydrogen-bond donors (Lipinski definition) is 0.